The van der Waals surface area contributed by atoms with Crippen molar-refractivity contribution in [3.8, 4) is 0 Å². The first kappa shape index (κ1) is 7.76. The minimum Gasteiger partial charge on any atom is -0.390 e. The lowest BCUT2D eigenvalue weighted by Gasteiger charge is -2.03. The average Bonchev–Trinajstić information content (AvgIpc) is 2.75. The highest BCUT2D eigenvalue weighted by Crippen LogP contribution is 2.25. The lowest BCUT2D eigenvalue weighted by Crippen LogP contribution is -1.98. The number of rotatable bonds is 2. The fourth-order valence-electron chi connectivity index (χ4n) is 1.41. The van der Waals surface area contributed by atoms with Gasteiger partial charge in [0.05, 0.1) is 18.5 Å². The molecule has 2 heterocycles. The minimum absolute atomic E-state index is 0.0136. The van der Waals surface area contributed by atoms with Crippen LogP contribution >= 0.6 is 0 Å². The highest BCUT2D eigenvalue weighted by atomic mass is 16.5. The molecule has 1 unspecified atom stereocenters. The molecule has 4 nitrogen and oxygen atoms in total. The molecule has 1 fully saturated rings. The largest absolute Gasteiger partial charge is 0.390 e. The first-order valence-corrected chi connectivity index (χ1v) is 4.16. The second-order valence-electron chi connectivity index (χ2n) is 2.95. The first-order valence-electron chi connectivity index (χ1n) is 4.16. The summed E-state index contributed by atoms with van der Waals surface area (Å²) in [5, 5.41) is 8.78. The Kier molecular flexibility index (Phi) is 2.10. The molecule has 1 aromatic heterocycles. The molecule has 1 atom stereocenters. The van der Waals surface area contributed by atoms with E-state index in [9.17, 15) is 0 Å². The number of aromatic nitrogens is 2. The van der Waals surface area contributed by atoms with Crippen molar-refractivity contribution in [2.75, 3.05) is 6.61 Å². The highest BCUT2D eigenvalue weighted by molar-refractivity contribution is 5.03. The van der Waals surface area contributed by atoms with Crippen molar-refractivity contribution in [3.05, 3.63) is 17.7 Å². The van der Waals surface area contributed by atoms with E-state index in [1.165, 1.54) is 0 Å². The maximum Gasteiger partial charge on any atom is 0.135 e. The van der Waals surface area contributed by atoms with Crippen LogP contribution in [0.15, 0.2) is 6.20 Å². The highest BCUT2D eigenvalue weighted by Gasteiger charge is 2.20. The summed E-state index contributed by atoms with van der Waals surface area (Å²) in [6.45, 7) is 0.833. The zero-order valence-electron chi connectivity index (χ0n) is 6.79. The Balaban J connectivity index is 2.11. The van der Waals surface area contributed by atoms with Gasteiger partial charge in [-0.05, 0) is 12.8 Å². The van der Waals surface area contributed by atoms with Crippen LogP contribution in [0, 0.1) is 0 Å². The molecular formula is C8H12N2O2. The molecule has 12 heavy (non-hydrogen) atoms. The summed E-state index contributed by atoms with van der Waals surface area (Å²) in [7, 11) is 0. The van der Waals surface area contributed by atoms with E-state index in [0.717, 1.165) is 31.0 Å². The number of aliphatic hydroxyl groups is 1. The molecule has 2 N–H and O–H groups in total. The van der Waals surface area contributed by atoms with E-state index in [4.69, 9.17) is 9.84 Å². The first-order chi connectivity index (χ1) is 5.90. The molecule has 0 radical (unpaired) electrons. The van der Waals surface area contributed by atoms with Gasteiger partial charge in [-0.15, -0.1) is 0 Å². The second kappa shape index (κ2) is 3.25. The smallest absolute Gasteiger partial charge is 0.135 e. The third-order valence-electron chi connectivity index (χ3n) is 2.05. The van der Waals surface area contributed by atoms with E-state index in [-0.39, 0.29) is 12.7 Å². The number of ether oxygens (including phenoxy) is 1. The average molecular weight is 168 g/mol. The van der Waals surface area contributed by atoms with Gasteiger partial charge in [0.15, 0.2) is 0 Å². The lowest BCUT2D eigenvalue weighted by atomic mass is 10.2. The molecule has 0 aromatic carbocycles. The van der Waals surface area contributed by atoms with Gasteiger partial charge >= 0.3 is 0 Å². The van der Waals surface area contributed by atoms with Gasteiger partial charge < -0.3 is 14.8 Å². The van der Waals surface area contributed by atoms with Crippen LogP contribution in [-0.2, 0) is 11.3 Å². The van der Waals surface area contributed by atoms with Crippen molar-refractivity contribution in [2.45, 2.75) is 25.6 Å². The van der Waals surface area contributed by atoms with Gasteiger partial charge in [0, 0.05) is 6.61 Å². The molecule has 0 saturated carbocycles. The van der Waals surface area contributed by atoms with E-state index in [0.29, 0.717) is 0 Å². The number of imidazole rings is 1. The number of nitrogens with zero attached hydrogens (tertiary/aromatic N) is 1. The summed E-state index contributed by atoms with van der Waals surface area (Å²) < 4.78 is 5.42. The standard InChI is InChI=1S/C8H12N2O2/c11-5-6-4-9-8(10-6)7-2-1-3-12-7/h4,7,11H,1-3,5H2,(H,9,10). The molecule has 1 aliphatic heterocycles. The molecule has 4 heteroatoms. The molecule has 66 valence electrons. The van der Waals surface area contributed by atoms with Gasteiger partial charge in [-0.25, -0.2) is 4.98 Å². The number of nitrogens with one attached hydrogen (secondary N) is 1. The topological polar surface area (TPSA) is 58.1 Å². The van der Waals surface area contributed by atoms with Crippen LogP contribution < -0.4 is 0 Å². The van der Waals surface area contributed by atoms with E-state index >= 15 is 0 Å². The normalized spacial score (nSPS) is 23.2. The SMILES string of the molecule is OCc1cnc(C2CCCO2)[nH]1. The van der Waals surface area contributed by atoms with E-state index in [1.54, 1.807) is 6.20 Å². The Morgan fingerprint density at radius 1 is 1.75 bits per heavy atom. The van der Waals surface area contributed by atoms with Crippen molar-refractivity contribution in [2.24, 2.45) is 0 Å². The summed E-state index contributed by atoms with van der Waals surface area (Å²) >= 11 is 0. The van der Waals surface area contributed by atoms with Crippen LogP contribution in [0.5, 0.6) is 0 Å². The number of hydrogen-bond donors (Lipinski definition) is 2. The molecule has 0 bridgehead atoms. The molecule has 1 saturated heterocycles. The van der Waals surface area contributed by atoms with Crippen molar-refractivity contribution in [3.63, 3.8) is 0 Å². The van der Waals surface area contributed by atoms with Crippen molar-refractivity contribution in [1.29, 1.82) is 0 Å². The molecular weight excluding hydrogens is 156 g/mol. The Labute approximate surface area is 70.6 Å². The van der Waals surface area contributed by atoms with Crippen LogP contribution in [0.25, 0.3) is 0 Å². The van der Waals surface area contributed by atoms with Gasteiger partial charge in [-0.2, -0.15) is 0 Å². The van der Waals surface area contributed by atoms with Crippen molar-refractivity contribution < 1.29 is 9.84 Å². The van der Waals surface area contributed by atoms with Crippen LogP contribution in [0.2, 0.25) is 0 Å². The molecule has 2 rings (SSSR count). The molecule has 0 spiro atoms. The Bertz CT molecular complexity index is 253. The lowest BCUT2D eigenvalue weighted by molar-refractivity contribution is 0.105. The van der Waals surface area contributed by atoms with Crippen LogP contribution in [-0.4, -0.2) is 21.7 Å². The predicted molar refractivity (Wildman–Crippen MR) is 42.4 cm³/mol. The van der Waals surface area contributed by atoms with Gasteiger partial charge in [0.1, 0.15) is 11.9 Å². The fraction of sp³-hybridized carbons (Fsp3) is 0.625. The Hall–Kier alpha value is -0.870. The van der Waals surface area contributed by atoms with Crippen LogP contribution in [0.4, 0.5) is 0 Å². The third-order valence-corrected chi connectivity index (χ3v) is 2.05. The summed E-state index contributed by atoms with van der Waals surface area (Å²) in [6.07, 6.45) is 3.89. The number of hydrogen-bond acceptors (Lipinski definition) is 3. The third kappa shape index (κ3) is 1.35. The summed E-state index contributed by atoms with van der Waals surface area (Å²) in [6, 6.07) is 0. The maximum atomic E-state index is 8.78. The molecule has 0 amide bonds. The summed E-state index contributed by atoms with van der Waals surface area (Å²) in [4.78, 5) is 7.15. The van der Waals surface area contributed by atoms with Crippen LogP contribution in [0.3, 0.4) is 0 Å². The Morgan fingerprint density at radius 2 is 2.67 bits per heavy atom. The van der Waals surface area contributed by atoms with Crippen molar-refractivity contribution in [1.82, 2.24) is 9.97 Å². The van der Waals surface area contributed by atoms with Crippen molar-refractivity contribution >= 4 is 0 Å². The number of aliphatic hydroxyl groups excluding tert-OH is 1. The molecule has 1 aliphatic rings. The monoisotopic (exact) mass is 168 g/mol. The number of aromatic amines is 1. The second-order valence-corrected chi connectivity index (χ2v) is 2.95. The van der Waals surface area contributed by atoms with Crippen LogP contribution in [0.1, 0.15) is 30.5 Å². The molecule has 0 aliphatic carbocycles. The van der Waals surface area contributed by atoms with Gasteiger partial charge in [-0.3, -0.25) is 0 Å². The quantitative estimate of drug-likeness (QED) is 0.685. The van der Waals surface area contributed by atoms with E-state index in [1.807, 2.05) is 0 Å². The van der Waals surface area contributed by atoms with Gasteiger partial charge in [0.25, 0.3) is 0 Å². The number of H-pyrrole nitrogens is 1. The van der Waals surface area contributed by atoms with Gasteiger partial charge in [-0.1, -0.05) is 0 Å². The summed E-state index contributed by atoms with van der Waals surface area (Å²) in [5.74, 6) is 0.844. The van der Waals surface area contributed by atoms with E-state index < -0.39 is 0 Å². The zero-order chi connectivity index (χ0) is 8.39. The fourth-order valence-corrected chi connectivity index (χ4v) is 1.41. The molecule has 1 aromatic rings. The van der Waals surface area contributed by atoms with E-state index in [2.05, 4.69) is 9.97 Å². The summed E-state index contributed by atoms with van der Waals surface area (Å²) in [5.41, 5.74) is 0.750. The Morgan fingerprint density at radius 3 is 3.25 bits per heavy atom. The minimum atomic E-state index is 0.0136. The predicted octanol–water partition coefficient (Wildman–Crippen LogP) is 0.754. The maximum absolute atomic E-state index is 8.78. The van der Waals surface area contributed by atoms with Gasteiger partial charge in [0.2, 0.25) is 0 Å². The zero-order valence-corrected chi connectivity index (χ0v) is 6.79.